The molecule has 0 spiro atoms. The fraction of sp³-hybridized carbons (Fsp3) is 0.533. The highest BCUT2D eigenvalue weighted by Crippen LogP contribution is 2.48. The van der Waals surface area contributed by atoms with Crippen molar-refractivity contribution in [3.05, 3.63) is 49.1 Å². The van der Waals surface area contributed by atoms with Gasteiger partial charge < -0.3 is 39.8 Å². The fourth-order valence-electron chi connectivity index (χ4n) is 5.77. The summed E-state index contributed by atoms with van der Waals surface area (Å²) >= 11 is 0. The Morgan fingerprint density at radius 1 is 0.957 bits per heavy atom. The van der Waals surface area contributed by atoms with E-state index in [2.05, 4.69) is 30.4 Å². The van der Waals surface area contributed by atoms with Gasteiger partial charge in [0.1, 0.15) is 17.9 Å². The predicted octanol–water partition coefficient (Wildman–Crippen LogP) is 2.53. The first-order valence-corrected chi connectivity index (χ1v) is 15.0. The van der Waals surface area contributed by atoms with Crippen molar-refractivity contribution in [2.45, 2.75) is 38.0 Å². The first-order chi connectivity index (χ1) is 22.2. The van der Waals surface area contributed by atoms with Crippen molar-refractivity contribution in [2.24, 2.45) is 17.8 Å². The van der Waals surface area contributed by atoms with E-state index in [0.29, 0.717) is 82.8 Å². The first kappa shape index (κ1) is 33.5. The topological polar surface area (TPSA) is 162 Å². The summed E-state index contributed by atoms with van der Waals surface area (Å²) in [6, 6.07) is 7.02. The summed E-state index contributed by atoms with van der Waals surface area (Å²) in [4.78, 5) is 20.8. The lowest BCUT2D eigenvalue weighted by Gasteiger charge is -2.28. The number of benzene rings is 1. The molecule has 0 saturated heterocycles. The number of hydrogen-bond acceptors (Lipinski definition) is 11. The van der Waals surface area contributed by atoms with Gasteiger partial charge in [-0.1, -0.05) is 0 Å². The molecule has 16 heteroatoms. The highest BCUT2D eigenvalue weighted by Gasteiger charge is 2.53. The van der Waals surface area contributed by atoms with Crippen LogP contribution in [0.15, 0.2) is 49.1 Å². The number of rotatable bonds is 17. The average molecular weight is 651 g/mol. The number of aliphatic hydroxyl groups excluding tert-OH is 2. The number of amides is 1. The molecular formula is C30H37F3N6O7. The Labute approximate surface area is 263 Å². The molecule has 2 saturated carbocycles. The molecule has 5 unspecified atom stereocenters. The summed E-state index contributed by atoms with van der Waals surface area (Å²) in [6.07, 6.45) is -0.0869. The highest BCUT2D eigenvalue weighted by molar-refractivity contribution is 5.79. The van der Waals surface area contributed by atoms with Gasteiger partial charge in [-0.2, -0.15) is 5.10 Å². The van der Waals surface area contributed by atoms with Crippen LogP contribution < -0.4 is 15.4 Å². The van der Waals surface area contributed by atoms with Crippen molar-refractivity contribution in [3.63, 3.8) is 0 Å². The van der Waals surface area contributed by atoms with Gasteiger partial charge in [-0.05, 0) is 48.9 Å². The largest absolute Gasteiger partial charge is 0.573 e. The van der Waals surface area contributed by atoms with E-state index < -0.39 is 18.6 Å². The lowest BCUT2D eigenvalue weighted by atomic mass is 9.84. The second kappa shape index (κ2) is 15.6. The molecular weight excluding hydrogens is 613 g/mol. The molecule has 250 valence electrons. The Balaban J connectivity index is 0.899. The number of hydrogen-bond donors (Lipinski definition) is 4. The normalized spacial score (nSPS) is 22.2. The molecule has 13 nitrogen and oxygen atoms in total. The number of aliphatic hydroxyl groups is 2. The minimum atomic E-state index is -4.75. The Bertz CT molecular complexity index is 1410. The van der Waals surface area contributed by atoms with Gasteiger partial charge in [0.25, 0.3) is 0 Å². The van der Waals surface area contributed by atoms with E-state index >= 15 is 0 Å². The molecule has 4 N–H and O–H groups in total. The van der Waals surface area contributed by atoms with Crippen LogP contribution in [-0.4, -0.2) is 101 Å². The van der Waals surface area contributed by atoms with E-state index in [-0.39, 0.29) is 29.4 Å². The molecule has 2 aliphatic rings. The Morgan fingerprint density at radius 3 is 2.37 bits per heavy atom. The van der Waals surface area contributed by atoms with Crippen LogP contribution in [0.5, 0.6) is 5.75 Å². The van der Waals surface area contributed by atoms with E-state index in [0.717, 1.165) is 5.56 Å². The standard InChI is InChI=1S/C30H37F3N6O7/c31-30(32,33)46-22-3-1-21(2-4-22)38-26-15-25(35-18-36-26)20-16-37-39(17-20)6-8-44-10-12-45-11-9-43-7-5-34-29(42)24-14-19-13-23(24)28(41)27(19)40/h1-4,15-19,23-24,27-28,40-41H,5-14H2,(H,34,42)(H,35,36,38). The van der Waals surface area contributed by atoms with Gasteiger partial charge in [-0.25, -0.2) is 9.97 Å². The number of nitrogens with one attached hydrogen (secondary N) is 2. The van der Waals surface area contributed by atoms with Gasteiger partial charge in [0.2, 0.25) is 5.91 Å². The number of ether oxygens (including phenoxy) is 4. The van der Waals surface area contributed by atoms with Gasteiger partial charge in [-0.15, -0.1) is 13.2 Å². The van der Waals surface area contributed by atoms with Gasteiger partial charge in [0.15, 0.2) is 0 Å². The van der Waals surface area contributed by atoms with Crippen LogP contribution in [0.25, 0.3) is 11.3 Å². The SMILES string of the molecule is O=C(NCCOCCOCCOCCn1cc(-c2cc(Nc3ccc(OC(F)(F)F)cc3)ncn2)cn1)C1CC2CC1C(O)C2O. The van der Waals surface area contributed by atoms with Crippen LogP contribution in [-0.2, 0) is 25.5 Å². The second-order valence-electron chi connectivity index (χ2n) is 11.1. The molecule has 3 aromatic rings. The van der Waals surface area contributed by atoms with Crippen LogP contribution in [0.2, 0.25) is 0 Å². The summed E-state index contributed by atoms with van der Waals surface area (Å²) in [6.45, 7) is 3.24. The molecule has 5 atom stereocenters. The number of halogens is 3. The number of anilines is 2. The molecule has 0 aliphatic heterocycles. The van der Waals surface area contributed by atoms with E-state index in [1.54, 1.807) is 16.9 Å². The zero-order valence-corrected chi connectivity index (χ0v) is 24.9. The monoisotopic (exact) mass is 650 g/mol. The second-order valence-corrected chi connectivity index (χ2v) is 11.1. The molecule has 2 aliphatic carbocycles. The van der Waals surface area contributed by atoms with Gasteiger partial charge in [-0.3, -0.25) is 9.48 Å². The van der Waals surface area contributed by atoms with Crippen LogP contribution in [0, 0.1) is 17.8 Å². The van der Waals surface area contributed by atoms with Crippen LogP contribution in [0.3, 0.4) is 0 Å². The lowest BCUT2D eigenvalue weighted by Crippen LogP contribution is -2.43. The molecule has 2 heterocycles. The van der Waals surface area contributed by atoms with Crippen molar-refractivity contribution in [3.8, 4) is 17.0 Å². The van der Waals surface area contributed by atoms with Crippen molar-refractivity contribution in [1.82, 2.24) is 25.1 Å². The van der Waals surface area contributed by atoms with Crippen molar-refractivity contribution in [1.29, 1.82) is 0 Å². The molecule has 46 heavy (non-hydrogen) atoms. The van der Waals surface area contributed by atoms with Crippen LogP contribution in [0.4, 0.5) is 24.7 Å². The first-order valence-electron chi connectivity index (χ1n) is 15.0. The summed E-state index contributed by atoms with van der Waals surface area (Å²) in [5, 5.41) is 30.1. The van der Waals surface area contributed by atoms with Gasteiger partial charge >= 0.3 is 6.36 Å². The van der Waals surface area contributed by atoms with E-state index in [9.17, 15) is 28.2 Å². The third-order valence-electron chi connectivity index (χ3n) is 7.97. The fourth-order valence-corrected chi connectivity index (χ4v) is 5.77. The Kier molecular flexibility index (Phi) is 11.4. The average Bonchev–Trinajstić information content (AvgIpc) is 3.75. The molecule has 0 radical (unpaired) electrons. The highest BCUT2D eigenvalue weighted by atomic mass is 19.4. The van der Waals surface area contributed by atoms with Crippen molar-refractivity contribution in [2.75, 3.05) is 51.5 Å². The number of carbonyl (C=O) groups is 1. The maximum Gasteiger partial charge on any atom is 0.573 e. The van der Waals surface area contributed by atoms with E-state index in [4.69, 9.17) is 14.2 Å². The summed E-state index contributed by atoms with van der Waals surface area (Å²) in [5.74, 6) is -0.345. The van der Waals surface area contributed by atoms with Gasteiger partial charge in [0, 0.05) is 36.0 Å². The van der Waals surface area contributed by atoms with Crippen LogP contribution >= 0.6 is 0 Å². The Morgan fingerprint density at radius 2 is 1.67 bits per heavy atom. The minimum Gasteiger partial charge on any atom is -0.406 e. The summed E-state index contributed by atoms with van der Waals surface area (Å²) in [5.41, 5.74) is 1.90. The third kappa shape index (κ3) is 9.35. The number of fused-ring (bicyclic) bond motifs is 2. The molecule has 1 aromatic carbocycles. The lowest BCUT2D eigenvalue weighted by molar-refractivity contribution is -0.274. The number of carbonyl (C=O) groups excluding carboxylic acids is 1. The number of alkyl halides is 3. The van der Waals surface area contributed by atoms with Gasteiger partial charge in [0.05, 0.1) is 70.3 Å². The van der Waals surface area contributed by atoms with E-state index in [1.807, 2.05) is 6.20 Å². The Hall–Kier alpha value is -3.83. The maximum atomic E-state index is 12.4. The quantitative estimate of drug-likeness (QED) is 0.159. The minimum absolute atomic E-state index is 0.0117. The molecule has 2 bridgehead atoms. The molecule has 5 rings (SSSR count). The smallest absolute Gasteiger partial charge is 0.406 e. The number of aromatic nitrogens is 4. The van der Waals surface area contributed by atoms with Crippen LogP contribution in [0.1, 0.15) is 12.8 Å². The predicted molar refractivity (Wildman–Crippen MR) is 157 cm³/mol. The molecule has 1 amide bonds. The number of nitrogens with zero attached hydrogens (tertiary/aromatic N) is 4. The maximum absolute atomic E-state index is 12.4. The molecule has 2 fully saturated rings. The molecule has 2 aromatic heterocycles. The summed E-state index contributed by atoms with van der Waals surface area (Å²) in [7, 11) is 0. The van der Waals surface area contributed by atoms with Crippen molar-refractivity contribution >= 4 is 17.4 Å². The zero-order chi connectivity index (χ0) is 32.5. The summed E-state index contributed by atoms with van der Waals surface area (Å²) < 4.78 is 59.3. The third-order valence-corrected chi connectivity index (χ3v) is 7.97. The van der Waals surface area contributed by atoms with E-state index in [1.165, 1.54) is 30.6 Å². The van der Waals surface area contributed by atoms with Crippen molar-refractivity contribution < 1.29 is 47.1 Å². The zero-order valence-electron chi connectivity index (χ0n) is 24.9.